The van der Waals surface area contributed by atoms with Gasteiger partial charge in [-0.2, -0.15) is 0 Å². The zero-order valence-corrected chi connectivity index (χ0v) is 32.0. The van der Waals surface area contributed by atoms with Crippen molar-refractivity contribution in [1.29, 1.82) is 0 Å². The molecule has 1 aliphatic carbocycles. The molecule has 2 aliphatic rings. The minimum atomic E-state index is -0.706. The monoisotopic (exact) mass is 809 g/mol. The molecule has 2 aromatic heterocycles. The van der Waals surface area contributed by atoms with Crippen LogP contribution >= 0.6 is 43.5 Å². The molecule has 2 amide bonds. The Morgan fingerprint density at radius 1 is 1.08 bits per heavy atom. The maximum atomic E-state index is 14.9. The van der Waals surface area contributed by atoms with E-state index in [4.69, 9.17) is 21.3 Å². The van der Waals surface area contributed by atoms with E-state index in [0.717, 1.165) is 46.0 Å². The number of hydrogen-bond acceptors (Lipinski definition) is 5. The van der Waals surface area contributed by atoms with Crippen molar-refractivity contribution in [3.8, 4) is 0 Å². The van der Waals surface area contributed by atoms with Crippen LogP contribution in [0.4, 0.5) is 4.79 Å². The fraction of sp³-hybridized carbons (Fsp3) is 0.421. The average Bonchev–Trinajstić information content (AvgIpc) is 3.52. The van der Waals surface area contributed by atoms with E-state index in [0.29, 0.717) is 37.5 Å². The maximum Gasteiger partial charge on any atom is 0.410 e. The van der Waals surface area contributed by atoms with Crippen molar-refractivity contribution in [1.82, 2.24) is 24.3 Å². The molecule has 3 unspecified atom stereocenters. The molecular weight excluding hydrogens is 770 g/mol. The average molecular weight is 812 g/mol. The summed E-state index contributed by atoms with van der Waals surface area (Å²) < 4.78 is 9.81. The zero-order valence-electron chi connectivity index (χ0n) is 28.1. The smallest absolute Gasteiger partial charge is 0.410 e. The summed E-state index contributed by atoms with van der Waals surface area (Å²) in [7, 11) is 0. The number of carbonyl (C=O) groups excluding carboxylic acids is 2. The predicted octanol–water partition coefficient (Wildman–Crippen LogP) is 8.82. The molecule has 2 aromatic carbocycles. The number of amides is 2. The number of aryl methyl sites for hydroxylation is 3. The number of rotatable bonds is 8. The highest BCUT2D eigenvalue weighted by Gasteiger charge is 2.44. The van der Waals surface area contributed by atoms with E-state index >= 15 is 0 Å². The van der Waals surface area contributed by atoms with Gasteiger partial charge < -0.3 is 14.2 Å². The van der Waals surface area contributed by atoms with E-state index < -0.39 is 17.7 Å². The van der Waals surface area contributed by atoms with Crippen molar-refractivity contribution in [2.45, 2.75) is 83.5 Å². The van der Waals surface area contributed by atoms with E-state index in [1.54, 1.807) is 17.4 Å². The molecule has 258 valence electrons. The van der Waals surface area contributed by atoms with Crippen LogP contribution < -0.4 is 0 Å². The molecule has 8 nitrogen and oxygen atoms in total. The first-order valence-corrected chi connectivity index (χ1v) is 18.8. The molecule has 1 aliphatic heterocycles. The predicted molar refractivity (Wildman–Crippen MR) is 198 cm³/mol. The van der Waals surface area contributed by atoms with E-state index in [9.17, 15) is 9.59 Å². The minimum absolute atomic E-state index is 0.0268. The van der Waals surface area contributed by atoms with Crippen molar-refractivity contribution >= 4 is 55.5 Å². The van der Waals surface area contributed by atoms with Crippen LogP contribution in [-0.2, 0) is 35.5 Å². The summed E-state index contributed by atoms with van der Waals surface area (Å²) in [4.78, 5) is 41.5. The van der Waals surface area contributed by atoms with Gasteiger partial charge in [-0.25, -0.2) is 9.78 Å². The Morgan fingerprint density at radius 2 is 1.86 bits per heavy atom. The number of pyridine rings is 1. The molecule has 0 bridgehead atoms. The summed E-state index contributed by atoms with van der Waals surface area (Å²) in [6.07, 6.45) is 10.5. The molecule has 11 heteroatoms. The van der Waals surface area contributed by atoms with Gasteiger partial charge in [0.25, 0.3) is 0 Å². The summed E-state index contributed by atoms with van der Waals surface area (Å²) in [5, 5.41) is 0.685. The highest BCUT2D eigenvalue weighted by atomic mass is 79.9. The molecule has 0 spiro atoms. The second-order valence-corrected chi connectivity index (χ2v) is 16.2. The number of fused-ring (bicyclic) bond motifs is 2. The van der Waals surface area contributed by atoms with Crippen molar-refractivity contribution in [3.63, 3.8) is 0 Å². The fourth-order valence-corrected chi connectivity index (χ4v) is 8.74. The lowest BCUT2D eigenvalue weighted by Gasteiger charge is -2.43. The molecule has 0 saturated carbocycles. The van der Waals surface area contributed by atoms with Gasteiger partial charge in [-0.05, 0) is 115 Å². The number of nitrogens with zero attached hydrogens (tertiary/aromatic N) is 5. The Hall–Kier alpha value is -3.21. The van der Waals surface area contributed by atoms with Gasteiger partial charge in [0.1, 0.15) is 11.6 Å². The largest absolute Gasteiger partial charge is 0.444 e. The van der Waals surface area contributed by atoms with Gasteiger partial charge >= 0.3 is 6.09 Å². The van der Waals surface area contributed by atoms with Crippen LogP contribution in [-0.4, -0.2) is 61.1 Å². The quantitative estimate of drug-likeness (QED) is 0.178. The highest BCUT2D eigenvalue weighted by molar-refractivity contribution is 9.10. The second kappa shape index (κ2) is 15.4. The Labute approximate surface area is 310 Å². The van der Waals surface area contributed by atoms with Gasteiger partial charge in [0.2, 0.25) is 5.91 Å². The lowest BCUT2D eigenvalue weighted by Crippen LogP contribution is -2.56. The van der Waals surface area contributed by atoms with Crippen LogP contribution in [0.25, 0.3) is 0 Å². The Balaban J connectivity index is 1.38. The van der Waals surface area contributed by atoms with Crippen molar-refractivity contribution in [2.24, 2.45) is 5.92 Å². The summed E-state index contributed by atoms with van der Waals surface area (Å²) in [5.41, 5.74) is 4.89. The van der Waals surface area contributed by atoms with Crippen LogP contribution in [0.3, 0.4) is 0 Å². The Morgan fingerprint density at radius 3 is 2.59 bits per heavy atom. The first kappa shape index (κ1) is 35.6. The number of halogens is 3. The van der Waals surface area contributed by atoms with Crippen LogP contribution in [0.2, 0.25) is 5.02 Å². The fourth-order valence-electron chi connectivity index (χ4n) is 7.24. The third-order valence-corrected chi connectivity index (χ3v) is 10.7. The molecular formula is C38H42Br2ClN5O3. The van der Waals surface area contributed by atoms with Gasteiger partial charge in [0.15, 0.2) is 0 Å². The van der Waals surface area contributed by atoms with Gasteiger partial charge in [0.05, 0.1) is 12.0 Å². The minimum Gasteiger partial charge on any atom is -0.444 e. The highest BCUT2D eigenvalue weighted by Crippen LogP contribution is 2.47. The van der Waals surface area contributed by atoms with Crippen molar-refractivity contribution < 1.29 is 14.3 Å². The van der Waals surface area contributed by atoms with Gasteiger partial charge in [-0.3, -0.25) is 14.7 Å². The Kier molecular flexibility index (Phi) is 11.2. The third-order valence-electron chi connectivity index (χ3n) is 9.38. The van der Waals surface area contributed by atoms with Gasteiger partial charge in [-0.15, -0.1) is 0 Å². The van der Waals surface area contributed by atoms with Crippen LogP contribution in [0, 0.1) is 5.92 Å². The third kappa shape index (κ3) is 8.58. The molecule has 1 fully saturated rings. The topological polar surface area (TPSA) is 80.6 Å². The van der Waals surface area contributed by atoms with Crippen LogP contribution in [0.15, 0.2) is 82.4 Å². The van der Waals surface area contributed by atoms with Gasteiger partial charge in [-0.1, -0.05) is 57.9 Å². The number of ether oxygens (including phenoxy) is 1. The number of benzene rings is 2. The van der Waals surface area contributed by atoms with Crippen LogP contribution in [0.1, 0.15) is 73.9 Å². The van der Waals surface area contributed by atoms with Crippen molar-refractivity contribution in [3.05, 3.63) is 115 Å². The maximum absolute atomic E-state index is 14.9. The summed E-state index contributed by atoms with van der Waals surface area (Å²) in [5.74, 6) is -0.135. The standard InChI is InChI=1S/C38H42Br2ClN5O3/c1-38(2,3)49-37(48)46-16-12-27(34-33-26(19-30(41)21-31(33)40)10-11-28-18-29(39)22-43-35(28)34)20-32(46)36(47)45(23-25-8-5-4-6-9-25)15-7-14-44-17-13-42-24-44/h4-6,8-9,13,17-19,21-22,24,27,32,34H,7,10-12,14-16,20,23H2,1-3H3. The van der Waals surface area contributed by atoms with Crippen LogP contribution in [0.5, 0.6) is 0 Å². The molecule has 49 heavy (non-hydrogen) atoms. The second-order valence-electron chi connectivity index (χ2n) is 14.0. The number of hydrogen-bond donors (Lipinski definition) is 0. The molecule has 1 saturated heterocycles. The molecule has 6 rings (SSSR count). The Bertz CT molecular complexity index is 1780. The number of carbonyl (C=O) groups is 2. The lowest BCUT2D eigenvalue weighted by molar-refractivity contribution is -0.139. The molecule has 0 radical (unpaired) electrons. The first-order valence-electron chi connectivity index (χ1n) is 16.9. The first-order chi connectivity index (χ1) is 23.5. The molecule has 4 aromatic rings. The normalized spacial score (nSPS) is 19.1. The van der Waals surface area contributed by atoms with E-state index in [-0.39, 0.29) is 17.7 Å². The van der Waals surface area contributed by atoms with Gasteiger partial charge in [0, 0.05) is 64.7 Å². The van der Waals surface area contributed by atoms with E-state index in [2.05, 4.69) is 49.0 Å². The molecule has 3 heterocycles. The molecule has 3 atom stereocenters. The summed E-state index contributed by atoms with van der Waals surface area (Å²) in [6.45, 7) is 7.68. The summed E-state index contributed by atoms with van der Waals surface area (Å²) >= 11 is 14.1. The number of likely N-dealkylation sites (tertiary alicyclic amines) is 1. The SMILES string of the molecule is CC(C)(C)OC(=O)N1CCC(C2c3ncc(Br)cc3CCc3cc(Cl)cc(Br)c32)CC1C(=O)N(CCCn1ccnc1)Cc1ccccc1. The number of aromatic nitrogens is 3. The van der Waals surface area contributed by atoms with E-state index in [1.807, 2.05) is 79.0 Å². The van der Waals surface area contributed by atoms with E-state index in [1.165, 1.54) is 16.7 Å². The number of piperidine rings is 1. The van der Waals surface area contributed by atoms with Crippen molar-refractivity contribution in [2.75, 3.05) is 13.1 Å². The summed E-state index contributed by atoms with van der Waals surface area (Å²) in [6, 6.07) is 15.5. The zero-order chi connectivity index (χ0) is 34.7. The molecule has 0 N–H and O–H groups in total. The number of imidazole rings is 1. The lowest BCUT2D eigenvalue weighted by atomic mass is 9.74.